The molecule has 0 spiro atoms. The van der Waals surface area contributed by atoms with Gasteiger partial charge in [-0.1, -0.05) is 29.3 Å². The van der Waals surface area contributed by atoms with Crippen LogP contribution in [-0.4, -0.2) is 57.7 Å². The molecule has 0 saturated carbocycles. The number of aliphatic hydroxyl groups is 4. The summed E-state index contributed by atoms with van der Waals surface area (Å²) < 4.78 is 5.33. The van der Waals surface area contributed by atoms with Crippen molar-refractivity contribution in [1.29, 1.82) is 0 Å². The fourth-order valence-corrected chi connectivity index (χ4v) is 2.62. The Kier molecular flexibility index (Phi) is 5.81. The summed E-state index contributed by atoms with van der Waals surface area (Å²) in [6, 6.07) is 4.99. The van der Waals surface area contributed by atoms with Gasteiger partial charge in [0, 0.05) is 16.6 Å². The number of aliphatic hydroxyl groups excluding tert-OH is 4. The van der Waals surface area contributed by atoms with E-state index in [9.17, 15) is 15.3 Å². The first-order chi connectivity index (χ1) is 9.93. The van der Waals surface area contributed by atoms with Gasteiger partial charge in [0.15, 0.2) is 0 Å². The molecule has 6 nitrogen and oxygen atoms in total. The molecule has 0 aliphatic carbocycles. The molecule has 1 heterocycles. The Hall–Kier alpha value is -0.440. The van der Waals surface area contributed by atoms with E-state index in [4.69, 9.17) is 33.0 Å². The lowest BCUT2D eigenvalue weighted by Gasteiger charge is -2.40. The topological polar surface area (TPSA) is 102 Å². The highest BCUT2D eigenvalue weighted by Gasteiger charge is 2.43. The Morgan fingerprint density at radius 1 is 1.10 bits per heavy atom. The Labute approximate surface area is 131 Å². The first-order valence-corrected chi connectivity index (χ1v) is 7.17. The van der Waals surface area contributed by atoms with Gasteiger partial charge < -0.3 is 25.2 Å². The molecule has 1 fully saturated rings. The van der Waals surface area contributed by atoms with Gasteiger partial charge in [-0.05, 0) is 17.7 Å². The molecule has 0 aromatic heterocycles. The highest BCUT2D eigenvalue weighted by molar-refractivity contribution is 6.35. The van der Waals surface area contributed by atoms with Gasteiger partial charge in [-0.2, -0.15) is 0 Å². The minimum absolute atomic E-state index is 0.263. The molecule has 8 heteroatoms. The zero-order valence-electron chi connectivity index (χ0n) is 11.0. The molecule has 2 rings (SSSR count). The minimum atomic E-state index is -1.41. The molecular formula is C13H17Cl2NO5. The fourth-order valence-electron chi connectivity index (χ4n) is 2.15. The lowest BCUT2D eigenvalue weighted by molar-refractivity contribution is -0.236. The minimum Gasteiger partial charge on any atom is -0.394 e. The highest BCUT2D eigenvalue weighted by atomic mass is 35.5. The van der Waals surface area contributed by atoms with Crippen molar-refractivity contribution in [1.82, 2.24) is 5.32 Å². The third-order valence-corrected chi connectivity index (χ3v) is 3.99. The molecule has 0 bridgehead atoms. The second kappa shape index (κ2) is 7.21. The molecule has 1 aromatic rings. The maximum absolute atomic E-state index is 9.88. The molecular weight excluding hydrogens is 321 g/mol. The Morgan fingerprint density at radius 3 is 2.43 bits per heavy atom. The zero-order chi connectivity index (χ0) is 15.6. The first kappa shape index (κ1) is 16.9. The van der Waals surface area contributed by atoms with Crippen LogP contribution in [-0.2, 0) is 11.3 Å². The summed E-state index contributed by atoms with van der Waals surface area (Å²) in [5, 5.41) is 42.2. The summed E-state index contributed by atoms with van der Waals surface area (Å²) in [5.41, 5.74) is 0.734. The van der Waals surface area contributed by atoms with Crippen molar-refractivity contribution in [3.8, 4) is 0 Å². The van der Waals surface area contributed by atoms with Crippen molar-refractivity contribution in [3.63, 3.8) is 0 Å². The van der Waals surface area contributed by atoms with Crippen molar-refractivity contribution >= 4 is 23.2 Å². The lowest BCUT2D eigenvalue weighted by Crippen LogP contribution is -2.62. The number of nitrogens with one attached hydrogen (secondary N) is 1. The van der Waals surface area contributed by atoms with Crippen LogP contribution in [0.3, 0.4) is 0 Å². The SMILES string of the molecule is OC[C@H]1OC(NCc2ccc(Cl)cc2Cl)[C@H](O)[C@@H](O)[C@@H]1O. The largest absolute Gasteiger partial charge is 0.394 e. The molecule has 1 aliphatic heterocycles. The average Bonchev–Trinajstić information content (AvgIpc) is 2.46. The number of benzene rings is 1. The third kappa shape index (κ3) is 3.85. The number of halogens is 2. The summed E-state index contributed by atoms with van der Waals surface area (Å²) in [6.07, 6.45) is -5.99. The number of hydrogen-bond acceptors (Lipinski definition) is 6. The average molecular weight is 338 g/mol. The maximum Gasteiger partial charge on any atom is 0.137 e. The Bertz CT molecular complexity index is 488. The smallest absolute Gasteiger partial charge is 0.137 e. The van der Waals surface area contributed by atoms with Crippen molar-refractivity contribution < 1.29 is 25.2 Å². The van der Waals surface area contributed by atoms with E-state index in [2.05, 4.69) is 5.32 Å². The van der Waals surface area contributed by atoms with Gasteiger partial charge in [0.25, 0.3) is 0 Å². The quantitative estimate of drug-likeness (QED) is 0.525. The fraction of sp³-hybridized carbons (Fsp3) is 0.538. The van der Waals surface area contributed by atoms with Crippen LogP contribution in [0, 0.1) is 0 Å². The van der Waals surface area contributed by atoms with Gasteiger partial charge >= 0.3 is 0 Å². The summed E-state index contributed by atoms with van der Waals surface area (Å²) >= 11 is 11.8. The van der Waals surface area contributed by atoms with Gasteiger partial charge in [0.05, 0.1) is 6.61 Å². The van der Waals surface area contributed by atoms with Crippen molar-refractivity contribution in [2.75, 3.05) is 6.61 Å². The van der Waals surface area contributed by atoms with E-state index in [0.29, 0.717) is 10.0 Å². The van der Waals surface area contributed by atoms with E-state index < -0.39 is 37.3 Å². The van der Waals surface area contributed by atoms with E-state index >= 15 is 0 Å². The van der Waals surface area contributed by atoms with Crippen molar-refractivity contribution in [2.45, 2.75) is 37.2 Å². The van der Waals surface area contributed by atoms with Crippen LogP contribution in [0.25, 0.3) is 0 Å². The summed E-state index contributed by atoms with van der Waals surface area (Å²) in [4.78, 5) is 0. The molecule has 118 valence electrons. The molecule has 21 heavy (non-hydrogen) atoms. The van der Waals surface area contributed by atoms with Gasteiger partial charge in [0.1, 0.15) is 30.6 Å². The molecule has 1 aliphatic rings. The van der Waals surface area contributed by atoms with Crippen LogP contribution in [0.4, 0.5) is 0 Å². The second-order valence-electron chi connectivity index (χ2n) is 4.87. The molecule has 1 saturated heterocycles. The van der Waals surface area contributed by atoms with Crippen molar-refractivity contribution in [3.05, 3.63) is 33.8 Å². The van der Waals surface area contributed by atoms with Gasteiger partial charge in [-0.15, -0.1) is 0 Å². The second-order valence-corrected chi connectivity index (χ2v) is 5.71. The van der Waals surface area contributed by atoms with E-state index in [1.165, 1.54) is 0 Å². The summed E-state index contributed by atoms with van der Waals surface area (Å²) in [6.45, 7) is -0.205. The van der Waals surface area contributed by atoms with Crippen LogP contribution >= 0.6 is 23.2 Å². The third-order valence-electron chi connectivity index (χ3n) is 3.40. The lowest BCUT2D eigenvalue weighted by atomic mass is 9.98. The van der Waals surface area contributed by atoms with Gasteiger partial charge in [0.2, 0.25) is 0 Å². The molecule has 5 atom stereocenters. The van der Waals surface area contributed by atoms with Gasteiger partial charge in [-0.3, -0.25) is 5.32 Å². The summed E-state index contributed by atoms with van der Waals surface area (Å²) in [5.74, 6) is 0. The van der Waals surface area contributed by atoms with Crippen LogP contribution in [0.2, 0.25) is 10.0 Å². The van der Waals surface area contributed by atoms with E-state index in [-0.39, 0.29) is 6.54 Å². The Balaban J connectivity index is 2.01. The van der Waals surface area contributed by atoms with Crippen molar-refractivity contribution in [2.24, 2.45) is 0 Å². The number of rotatable bonds is 4. The zero-order valence-corrected chi connectivity index (χ0v) is 12.5. The van der Waals surface area contributed by atoms with Crippen LogP contribution in [0.1, 0.15) is 5.56 Å². The maximum atomic E-state index is 9.88. The predicted octanol–water partition coefficient (Wildman–Crippen LogP) is -0.117. The molecule has 0 radical (unpaired) electrons. The highest BCUT2D eigenvalue weighted by Crippen LogP contribution is 2.23. The Morgan fingerprint density at radius 2 is 1.81 bits per heavy atom. The number of ether oxygens (including phenoxy) is 1. The summed E-state index contributed by atoms with van der Waals surface area (Å²) in [7, 11) is 0. The first-order valence-electron chi connectivity index (χ1n) is 6.42. The monoisotopic (exact) mass is 337 g/mol. The molecule has 1 aromatic carbocycles. The van der Waals surface area contributed by atoms with Gasteiger partial charge in [-0.25, -0.2) is 0 Å². The van der Waals surface area contributed by atoms with E-state index in [1.54, 1.807) is 18.2 Å². The predicted molar refractivity (Wildman–Crippen MR) is 77.1 cm³/mol. The van der Waals surface area contributed by atoms with Crippen LogP contribution in [0.5, 0.6) is 0 Å². The van der Waals surface area contributed by atoms with Crippen LogP contribution in [0.15, 0.2) is 18.2 Å². The van der Waals surface area contributed by atoms with Crippen LogP contribution < -0.4 is 5.32 Å². The van der Waals surface area contributed by atoms with E-state index in [0.717, 1.165) is 5.56 Å². The molecule has 1 unspecified atom stereocenters. The standard InChI is InChI=1S/C13H17Cl2NO5/c14-7-2-1-6(8(15)3-7)4-16-13-12(20)11(19)10(18)9(5-17)21-13/h1-3,9-13,16-20H,4-5H2/t9-,10-,11+,12-,13?/m1/s1. The number of hydrogen-bond donors (Lipinski definition) is 5. The molecule has 0 amide bonds. The molecule has 5 N–H and O–H groups in total. The normalized spacial score (nSPS) is 33.1. The van der Waals surface area contributed by atoms with E-state index in [1.807, 2.05) is 0 Å².